The van der Waals surface area contributed by atoms with E-state index in [2.05, 4.69) is 38.1 Å². The highest BCUT2D eigenvalue weighted by atomic mass is 32.2. The zero-order chi connectivity index (χ0) is 18.6. The Labute approximate surface area is 161 Å². The van der Waals surface area contributed by atoms with Gasteiger partial charge in [-0.3, -0.25) is 9.89 Å². The molecule has 3 aromatic heterocycles. The fraction of sp³-hybridized carbons (Fsp3) is 0.333. The summed E-state index contributed by atoms with van der Waals surface area (Å²) >= 11 is 1.48. The van der Waals surface area contributed by atoms with Crippen LogP contribution in [0.15, 0.2) is 46.4 Å². The lowest BCUT2D eigenvalue weighted by atomic mass is 10.2. The lowest BCUT2D eigenvalue weighted by Gasteiger charge is -2.35. The molecule has 1 aliphatic rings. The fourth-order valence-electron chi connectivity index (χ4n) is 3.06. The molecule has 0 aliphatic carbocycles. The molecule has 1 amide bonds. The minimum absolute atomic E-state index is 0.0664. The quantitative estimate of drug-likeness (QED) is 0.675. The van der Waals surface area contributed by atoms with Gasteiger partial charge in [0.2, 0.25) is 0 Å². The summed E-state index contributed by atoms with van der Waals surface area (Å²) in [7, 11) is 0. The molecule has 1 saturated heterocycles. The van der Waals surface area contributed by atoms with Crippen molar-refractivity contribution in [1.82, 2.24) is 25.1 Å². The van der Waals surface area contributed by atoms with Gasteiger partial charge in [-0.25, -0.2) is 9.97 Å². The largest absolute Gasteiger partial charge is 0.455 e. The lowest BCUT2D eigenvalue weighted by molar-refractivity contribution is 0.0713. The number of pyridine rings is 1. The first kappa shape index (κ1) is 17.6. The molecule has 4 rings (SSSR count). The maximum Gasteiger partial charge on any atom is 0.289 e. The average molecular weight is 384 g/mol. The van der Waals surface area contributed by atoms with Crippen LogP contribution >= 0.6 is 11.8 Å². The number of hydrogen-bond acceptors (Lipinski definition) is 7. The van der Waals surface area contributed by atoms with Crippen molar-refractivity contribution in [3.05, 3.63) is 53.9 Å². The molecule has 0 unspecified atom stereocenters. The van der Waals surface area contributed by atoms with Crippen LogP contribution < -0.4 is 4.90 Å². The summed E-state index contributed by atoms with van der Waals surface area (Å²) in [6, 6.07) is 7.58. The molecule has 1 aliphatic heterocycles. The number of aryl methyl sites for hydroxylation is 1. The van der Waals surface area contributed by atoms with Crippen molar-refractivity contribution >= 4 is 23.5 Å². The predicted octanol–water partition coefficient (Wildman–Crippen LogP) is 2.36. The van der Waals surface area contributed by atoms with Crippen molar-refractivity contribution in [2.45, 2.75) is 17.8 Å². The van der Waals surface area contributed by atoms with E-state index in [1.54, 1.807) is 12.3 Å². The molecule has 27 heavy (non-hydrogen) atoms. The molecular formula is C18H20N6O2S. The molecule has 1 fully saturated rings. The predicted molar refractivity (Wildman–Crippen MR) is 102 cm³/mol. The summed E-state index contributed by atoms with van der Waals surface area (Å²) in [5.41, 5.74) is 1.15. The van der Waals surface area contributed by atoms with Gasteiger partial charge in [0, 0.05) is 32.4 Å². The number of hydrogen-bond donors (Lipinski definition) is 1. The Morgan fingerprint density at radius 2 is 2.07 bits per heavy atom. The van der Waals surface area contributed by atoms with E-state index >= 15 is 0 Å². The van der Waals surface area contributed by atoms with Gasteiger partial charge in [0.15, 0.2) is 10.9 Å². The Morgan fingerprint density at radius 1 is 1.22 bits per heavy atom. The second-order valence-electron chi connectivity index (χ2n) is 6.27. The zero-order valence-electron chi connectivity index (χ0n) is 15.0. The Kier molecular flexibility index (Phi) is 5.10. The van der Waals surface area contributed by atoms with Crippen LogP contribution in [0.4, 0.5) is 5.82 Å². The third kappa shape index (κ3) is 3.97. The topological polar surface area (TPSA) is 91.2 Å². The van der Waals surface area contributed by atoms with Gasteiger partial charge in [0.05, 0.1) is 5.75 Å². The number of furan rings is 1. The summed E-state index contributed by atoms with van der Waals surface area (Å²) in [6.45, 7) is 4.88. The Morgan fingerprint density at radius 3 is 2.81 bits per heavy atom. The zero-order valence-corrected chi connectivity index (χ0v) is 15.8. The monoisotopic (exact) mass is 384 g/mol. The number of anilines is 1. The molecule has 0 saturated carbocycles. The molecule has 1 N–H and O–H groups in total. The van der Waals surface area contributed by atoms with Crippen LogP contribution in [-0.4, -0.2) is 57.2 Å². The van der Waals surface area contributed by atoms with Gasteiger partial charge in [-0.1, -0.05) is 17.8 Å². The van der Waals surface area contributed by atoms with E-state index in [1.807, 2.05) is 17.0 Å². The fourth-order valence-corrected chi connectivity index (χ4v) is 3.73. The van der Waals surface area contributed by atoms with Crippen LogP contribution in [0, 0.1) is 6.92 Å². The van der Waals surface area contributed by atoms with Crippen molar-refractivity contribution < 1.29 is 9.21 Å². The molecule has 0 radical (unpaired) electrons. The number of H-pyrrole nitrogens is 1. The number of aromatic amines is 1. The van der Waals surface area contributed by atoms with Crippen molar-refractivity contribution in [2.24, 2.45) is 0 Å². The van der Waals surface area contributed by atoms with Crippen LogP contribution in [0.2, 0.25) is 0 Å². The summed E-state index contributed by atoms with van der Waals surface area (Å²) in [5, 5.41) is 7.31. The number of carbonyl (C=O) groups excluding carboxylic acids is 1. The lowest BCUT2D eigenvalue weighted by Crippen LogP contribution is -2.49. The molecule has 8 nitrogen and oxygen atoms in total. The van der Waals surface area contributed by atoms with Gasteiger partial charge in [0.25, 0.3) is 5.91 Å². The van der Waals surface area contributed by atoms with Crippen molar-refractivity contribution in [2.75, 3.05) is 31.1 Å². The Balaban J connectivity index is 1.33. The number of aromatic nitrogens is 4. The SMILES string of the molecule is Cc1cccnc1N1CCN(C(=O)c2ccc(CSc3ncn[nH]3)o2)CC1. The number of nitrogens with zero attached hydrogens (tertiary/aromatic N) is 5. The number of rotatable bonds is 5. The third-order valence-electron chi connectivity index (χ3n) is 4.46. The molecule has 0 aromatic carbocycles. The molecule has 4 heterocycles. The summed E-state index contributed by atoms with van der Waals surface area (Å²) in [6.07, 6.45) is 3.27. The highest BCUT2D eigenvalue weighted by Crippen LogP contribution is 2.22. The van der Waals surface area contributed by atoms with Crippen LogP contribution in [0.1, 0.15) is 21.9 Å². The second kappa shape index (κ2) is 7.83. The van der Waals surface area contributed by atoms with E-state index in [4.69, 9.17) is 4.42 Å². The van der Waals surface area contributed by atoms with Crippen molar-refractivity contribution in [1.29, 1.82) is 0 Å². The summed E-state index contributed by atoms with van der Waals surface area (Å²) in [5.74, 6) is 2.64. The highest BCUT2D eigenvalue weighted by Gasteiger charge is 2.25. The van der Waals surface area contributed by atoms with Crippen LogP contribution in [-0.2, 0) is 5.75 Å². The van der Waals surface area contributed by atoms with Crippen LogP contribution in [0.25, 0.3) is 0 Å². The summed E-state index contributed by atoms with van der Waals surface area (Å²) in [4.78, 5) is 25.3. The number of amides is 1. The second-order valence-corrected chi connectivity index (χ2v) is 7.23. The number of piperazine rings is 1. The molecule has 9 heteroatoms. The molecule has 0 spiro atoms. The van der Waals surface area contributed by atoms with Crippen LogP contribution in [0.5, 0.6) is 0 Å². The first-order chi connectivity index (χ1) is 13.2. The average Bonchev–Trinajstić information content (AvgIpc) is 3.38. The highest BCUT2D eigenvalue weighted by molar-refractivity contribution is 7.98. The molecule has 140 valence electrons. The van der Waals surface area contributed by atoms with E-state index in [9.17, 15) is 4.79 Å². The Bertz CT molecular complexity index is 902. The number of carbonyl (C=O) groups is 1. The standard InChI is InChI=1S/C18H20N6O2S/c1-13-3-2-6-19-16(13)23-7-9-24(10-8-23)17(25)15-5-4-14(26-15)11-27-18-20-12-21-22-18/h2-6,12H,7-11H2,1H3,(H,20,21,22). The maximum absolute atomic E-state index is 12.7. The molecule has 3 aromatic rings. The number of nitrogens with one attached hydrogen (secondary N) is 1. The normalized spacial score (nSPS) is 14.6. The summed E-state index contributed by atoms with van der Waals surface area (Å²) < 4.78 is 5.73. The maximum atomic E-state index is 12.7. The van der Waals surface area contributed by atoms with Crippen molar-refractivity contribution in [3.63, 3.8) is 0 Å². The van der Waals surface area contributed by atoms with Crippen LogP contribution in [0.3, 0.4) is 0 Å². The van der Waals surface area contributed by atoms with E-state index < -0.39 is 0 Å². The van der Waals surface area contributed by atoms with E-state index in [1.165, 1.54) is 18.1 Å². The minimum Gasteiger partial charge on any atom is -0.455 e. The molecular weight excluding hydrogens is 364 g/mol. The van der Waals surface area contributed by atoms with Gasteiger partial charge < -0.3 is 14.2 Å². The van der Waals surface area contributed by atoms with Crippen molar-refractivity contribution in [3.8, 4) is 0 Å². The van der Waals surface area contributed by atoms with Gasteiger partial charge in [-0.2, -0.15) is 5.10 Å². The molecule has 0 atom stereocenters. The minimum atomic E-state index is -0.0664. The van der Waals surface area contributed by atoms with Gasteiger partial charge in [0.1, 0.15) is 17.9 Å². The first-order valence-electron chi connectivity index (χ1n) is 8.73. The smallest absolute Gasteiger partial charge is 0.289 e. The van der Waals surface area contributed by atoms with E-state index in [0.717, 1.165) is 35.4 Å². The van der Waals surface area contributed by atoms with E-state index in [0.29, 0.717) is 24.6 Å². The first-order valence-corrected chi connectivity index (χ1v) is 9.72. The number of thioether (sulfide) groups is 1. The van der Waals surface area contributed by atoms with E-state index in [-0.39, 0.29) is 5.91 Å². The van der Waals surface area contributed by atoms with Gasteiger partial charge in [-0.05, 0) is 30.7 Å². The van der Waals surface area contributed by atoms with Gasteiger partial charge >= 0.3 is 0 Å². The molecule has 0 bridgehead atoms. The Hall–Kier alpha value is -2.81. The van der Waals surface area contributed by atoms with Gasteiger partial charge in [-0.15, -0.1) is 0 Å². The third-order valence-corrected chi connectivity index (χ3v) is 5.36.